The second-order valence-corrected chi connectivity index (χ2v) is 11.8. The summed E-state index contributed by atoms with van der Waals surface area (Å²) in [6.45, 7) is 7.50. The molecule has 0 saturated heterocycles. The van der Waals surface area contributed by atoms with Crippen LogP contribution in [0, 0.1) is 12.8 Å². The molecule has 1 fully saturated rings. The van der Waals surface area contributed by atoms with Gasteiger partial charge in [0.1, 0.15) is 0 Å². The van der Waals surface area contributed by atoms with Gasteiger partial charge in [0.2, 0.25) is 0 Å². The van der Waals surface area contributed by atoms with Crippen LogP contribution in [-0.4, -0.2) is 29.2 Å². The summed E-state index contributed by atoms with van der Waals surface area (Å²) in [6.07, 6.45) is 1.51. The lowest BCUT2D eigenvalue weighted by Crippen LogP contribution is -2.48. The number of fused-ring (bicyclic) bond motifs is 5. The molecule has 3 aromatic rings. The molecule has 1 aliphatic heterocycles. The number of nitrogens with zero attached hydrogens (tertiary/aromatic N) is 1. The average Bonchev–Trinajstić information content (AvgIpc) is 3.01. The van der Waals surface area contributed by atoms with Gasteiger partial charge in [0.25, 0.3) is 0 Å². The van der Waals surface area contributed by atoms with Crippen LogP contribution >= 0.6 is 0 Å². The van der Waals surface area contributed by atoms with E-state index in [2.05, 4.69) is 18.4 Å². The van der Waals surface area contributed by atoms with E-state index in [0.717, 1.165) is 16.3 Å². The Kier molecular flexibility index (Phi) is 4.55. The molecule has 5 nitrogen and oxygen atoms in total. The summed E-state index contributed by atoms with van der Waals surface area (Å²) in [4.78, 5) is 0. The third kappa shape index (κ3) is 3.11. The third-order valence-electron chi connectivity index (χ3n) is 7.60. The van der Waals surface area contributed by atoms with Crippen molar-refractivity contribution >= 4 is 31.9 Å². The van der Waals surface area contributed by atoms with Crippen LogP contribution in [0.4, 0.5) is 13.2 Å². The molecule has 3 atom stereocenters. The zero-order valence-electron chi connectivity index (χ0n) is 18.8. The quantitative estimate of drug-likeness (QED) is 0.376. The minimum absolute atomic E-state index is 0.0260. The van der Waals surface area contributed by atoms with Gasteiger partial charge >= 0.3 is 15.6 Å². The molecular weight excluding hydrogens is 455 g/mol. The first-order valence-electron chi connectivity index (χ1n) is 11.0. The number of hydrogen-bond acceptors (Lipinski definition) is 4. The van der Waals surface area contributed by atoms with Gasteiger partial charge in [0, 0.05) is 27.4 Å². The predicted molar refractivity (Wildman–Crippen MR) is 120 cm³/mol. The summed E-state index contributed by atoms with van der Waals surface area (Å²) in [6, 6.07) is 9.46. The van der Waals surface area contributed by atoms with Crippen LogP contribution in [-0.2, 0) is 15.7 Å². The molecular formula is C24H26F3NO4S. The summed E-state index contributed by atoms with van der Waals surface area (Å²) < 4.78 is 71.0. The van der Waals surface area contributed by atoms with Gasteiger partial charge in [-0.1, -0.05) is 18.2 Å². The molecule has 1 aliphatic carbocycles. The van der Waals surface area contributed by atoms with E-state index in [9.17, 15) is 26.7 Å². The molecule has 0 unspecified atom stereocenters. The fraction of sp³-hybridized carbons (Fsp3) is 0.500. The lowest BCUT2D eigenvalue weighted by atomic mass is 9.61. The topological polar surface area (TPSA) is 68.5 Å². The highest BCUT2D eigenvalue weighted by Gasteiger charge is 2.53. The maximum absolute atomic E-state index is 13.3. The van der Waals surface area contributed by atoms with Crippen molar-refractivity contribution in [2.75, 3.05) is 0 Å². The molecule has 0 amide bonds. The number of alkyl halides is 3. The van der Waals surface area contributed by atoms with Gasteiger partial charge in [0.15, 0.2) is 5.75 Å². The lowest BCUT2D eigenvalue weighted by Gasteiger charge is -2.51. The highest BCUT2D eigenvalue weighted by molar-refractivity contribution is 7.88. The number of hydrogen-bond donors (Lipinski definition) is 1. The SMILES string of the molecule is Cc1cc2c3ccccc3n3c2c(c1OS(=O)(=O)C(F)(F)F)[C@@H]1C[C@](C)(O)CC[C@@H]1C3(C)C. The zero-order valence-corrected chi connectivity index (χ0v) is 19.6. The Balaban J connectivity index is 1.92. The summed E-state index contributed by atoms with van der Waals surface area (Å²) in [5, 5.41) is 12.7. The molecule has 5 rings (SSSR count). The van der Waals surface area contributed by atoms with E-state index in [1.807, 2.05) is 24.3 Å². The monoisotopic (exact) mass is 481 g/mol. The standard InChI is InChI=1S/C24H26F3NO4S/c1-13-11-15-14-7-5-6-8-18(14)28-20(15)19(21(13)32-33(30,31)24(25,26)27)16-12-23(4,29)10-9-17(16)22(28,2)3/h5-8,11,16-17,29H,9-10,12H2,1-4H3/t16-,17+,23-/m1/s1. The van der Waals surface area contributed by atoms with Gasteiger partial charge in [-0.2, -0.15) is 21.6 Å². The zero-order chi connectivity index (χ0) is 24.1. The van der Waals surface area contributed by atoms with Crippen molar-refractivity contribution in [2.45, 2.75) is 69.5 Å². The summed E-state index contributed by atoms with van der Waals surface area (Å²) in [5.41, 5.74) is -4.59. The van der Waals surface area contributed by atoms with Crippen molar-refractivity contribution in [3.63, 3.8) is 0 Å². The van der Waals surface area contributed by atoms with Crippen LogP contribution in [0.15, 0.2) is 30.3 Å². The smallest absolute Gasteiger partial charge is 0.390 e. The molecule has 0 radical (unpaired) electrons. The van der Waals surface area contributed by atoms with Crippen molar-refractivity contribution in [3.8, 4) is 5.75 Å². The molecule has 1 aromatic heterocycles. The first kappa shape index (κ1) is 22.5. The van der Waals surface area contributed by atoms with E-state index in [1.165, 1.54) is 0 Å². The minimum atomic E-state index is -5.86. The Morgan fingerprint density at radius 2 is 1.82 bits per heavy atom. The Bertz CT molecular complexity index is 1400. The number of benzene rings is 2. The van der Waals surface area contributed by atoms with E-state index in [4.69, 9.17) is 4.18 Å². The normalized spacial score (nSPS) is 27.0. The number of halogens is 3. The van der Waals surface area contributed by atoms with Gasteiger partial charge in [-0.3, -0.25) is 0 Å². The highest BCUT2D eigenvalue weighted by Crippen LogP contribution is 2.59. The summed E-state index contributed by atoms with van der Waals surface area (Å²) in [7, 11) is -5.86. The van der Waals surface area contributed by atoms with E-state index < -0.39 is 26.8 Å². The summed E-state index contributed by atoms with van der Waals surface area (Å²) >= 11 is 0. The lowest BCUT2D eigenvalue weighted by molar-refractivity contribution is -0.0503. The van der Waals surface area contributed by atoms with E-state index in [-0.39, 0.29) is 17.6 Å². The molecule has 2 heterocycles. The van der Waals surface area contributed by atoms with Crippen molar-refractivity contribution in [1.29, 1.82) is 0 Å². The number of rotatable bonds is 2. The van der Waals surface area contributed by atoms with E-state index >= 15 is 0 Å². The predicted octanol–water partition coefficient (Wildman–Crippen LogP) is 5.71. The van der Waals surface area contributed by atoms with Gasteiger partial charge in [0.05, 0.1) is 11.1 Å². The fourth-order valence-electron chi connectivity index (χ4n) is 6.19. The molecule has 9 heteroatoms. The number of aryl methyl sites for hydroxylation is 1. The van der Waals surface area contributed by atoms with Crippen LogP contribution in [0.25, 0.3) is 21.8 Å². The van der Waals surface area contributed by atoms with Crippen LogP contribution < -0.4 is 4.18 Å². The molecule has 178 valence electrons. The second-order valence-electron chi connectivity index (χ2n) is 10.3. The molecule has 1 saturated carbocycles. The van der Waals surface area contributed by atoms with Crippen LogP contribution in [0.2, 0.25) is 0 Å². The Hall–Kier alpha value is -2.26. The van der Waals surface area contributed by atoms with Crippen molar-refractivity contribution < 1.29 is 30.9 Å². The second kappa shape index (κ2) is 6.66. The Morgan fingerprint density at radius 1 is 1.15 bits per heavy atom. The first-order valence-corrected chi connectivity index (χ1v) is 12.4. The number of aliphatic hydroxyl groups is 1. The van der Waals surface area contributed by atoms with Gasteiger partial charge in [-0.25, -0.2) is 0 Å². The first-order chi connectivity index (χ1) is 15.2. The number of aromatic nitrogens is 1. The van der Waals surface area contributed by atoms with E-state index in [1.54, 1.807) is 19.9 Å². The van der Waals surface area contributed by atoms with Crippen molar-refractivity contribution in [2.24, 2.45) is 5.92 Å². The van der Waals surface area contributed by atoms with Crippen LogP contribution in [0.5, 0.6) is 5.75 Å². The molecule has 2 aliphatic rings. The van der Waals surface area contributed by atoms with E-state index in [0.29, 0.717) is 35.9 Å². The van der Waals surface area contributed by atoms with Crippen LogP contribution in [0.3, 0.4) is 0 Å². The fourth-order valence-corrected chi connectivity index (χ4v) is 6.72. The molecule has 1 N–H and O–H groups in total. The third-order valence-corrected chi connectivity index (χ3v) is 8.56. The van der Waals surface area contributed by atoms with Crippen molar-refractivity contribution in [1.82, 2.24) is 4.57 Å². The maximum atomic E-state index is 13.3. The molecule has 0 bridgehead atoms. The largest absolute Gasteiger partial charge is 0.534 e. The van der Waals surface area contributed by atoms with Gasteiger partial charge in [-0.05, 0) is 76.5 Å². The summed E-state index contributed by atoms with van der Waals surface area (Å²) in [5.74, 6) is -0.657. The van der Waals surface area contributed by atoms with Crippen molar-refractivity contribution in [3.05, 3.63) is 41.5 Å². The number of para-hydroxylation sites is 1. The van der Waals surface area contributed by atoms with Gasteiger partial charge < -0.3 is 13.9 Å². The average molecular weight is 482 g/mol. The molecule has 33 heavy (non-hydrogen) atoms. The minimum Gasteiger partial charge on any atom is -0.390 e. The van der Waals surface area contributed by atoms with Gasteiger partial charge in [-0.15, -0.1) is 0 Å². The molecule has 0 spiro atoms. The Labute approximate surface area is 190 Å². The molecule has 2 aromatic carbocycles. The maximum Gasteiger partial charge on any atom is 0.534 e. The Morgan fingerprint density at radius 3 is 2.48 bits per heavy atom. The highest BCUT2D eigenvalue weighted by atomic mass is 32.2. The van der Waals surface area contributed by atoms with Crippen LogP contribution in [0.1, 0.15) is 57.1 Å².